The summed E-state index contributed by atoms with van der Waals surface area (Å²) < 4.78 is 5.95. The topological polar surface area (TPSA) is 33.6 Å². The average molecular weight is 399 g/mol. The highest BCUT2D eigenvalue weighted by Gasteiger charge is 2.02. The summed E-state index contributed by atoms with van der Waals surface area (Å²) in [6.45, 7) is 4.71. The Bertz CT molecular complexity index is 970. The molecule has 27 heavy (non-hydrogen) atoms. The van der Waals surface area contributed by atoms with Gasteiger partial charge in [-0.2, -0.15) is 5.10 Å². The molecular formula is C22H20Cl2N2O. The number of anilines is 1. The van der Waals surface area contributed by atoms with Crippen LogP contribution in [0.15, 0.2) is 65.8 Å². The molecule has 138 valence electrons. The molecule has 0 aliphatic rings. The van der Waals surface area contributed by atoms with Crippen molar-refractivity contribution in [1.29, 1.82) is 0 Å². The maximum atomic E-state index is 6.00. The molecule has 0 aliphatic carbocycles. The highest BCUT2D eigenvalue weighted by atomic mass is 35.5. The molecule has 0 aromatic heterocycles. The van der Waals surface area contributed by atoms with E-state index in [9.17, 15) is 0 Å². The zero-order valence-corrected chi connectivity index (χ0v) is 16.7. The zero-order chi connectivity index (χ0) is 19.2. The summed E-state index contributed by atoms with van der Waals surface area (Å²) in [6, 6.07) is 19.4. The van der Waals surface area contributed by atoms with Gasteiger partial charge in [-0.05, 0) is 60.9 Å². The Kier molecular flexibility index (Phi) is 6.38. The Morgan fingerprint density at radius 3 is 2.63 bits per heavy atom. The monoisotopic (exact) mass is 398 g/mol. The highest BCUT2D eigenvalue weighted by molar-refractivity contribution is 6.42. The van der Waals surface area contributed by atoms with Crippen LogP contribution in [0.4, 0.5) is 5.69 Å². The largest absolute Gasteiger partial charge is 0.489 e. The number of benzene rings is 3. The van der Waals surface area contributed by atoms with Crippen LogP contribution in [-0.4, -0.2) is 6.21 Å². The fraction of sp³-hybridized carbons (Fsp3) is 0.136. The molecule has 3 nitrogen and oxygen atoms in total. The van der Waals surface area contributed by atoms with Gasteiger partial charge in [-0.3, -0.25) is 5.43 Å². The fourth-order valence-electron chi connectivity index (χ4n) is 2.55. The van der Waals surface area contributed by atoms with Gasteiger partial charge >= 0.3 is 0 Å². The average Bonchev–Trinajstić information content (AvgIpc) is 2.66. The second kappa shape index (κ2) is 8.94. The second-order valence-electron chi connectivity index (χ2n) is 6.29. The molecule has 0 bridgehead atoms. The van der Waals surface area contributed by atoms with Gasteiger partial charge < -0.3 is 4.74 Å². The van der Waals surface area contributed by atoms with E-state index in [4.69, 9.17) is 27.9 Å². The van der Waals surface area contributed by atoms with Gasteiger partial charge in [0.1, 0.15) is 12.4 Å². The zero-order valence-electron chi connectivity index (χ0n) is 15.2. The third-order valence-electron chi connectivity index (χ3n) is 4.08. The number of hydrogen-bond donors (Lipinski definition) is 1. The molecule has 0 fully saturated rings. The first-order chi connectivity index (χ1) is 13.0. The van der Waals surface area contributed by atoms with Crippen molar-refractivity contribution in [3.8, 4) is 5.75 Å². The van der Waals surface area contributed by atoms with Crippen molar-refractivity contribution >= 4 is 35.1 Å². The number of halogens is 2. The van der Waals surface area contributed by atoms with E-state index in [2.05, 4.69) is 42.6 Å². The van der Waals surface area contributed by atoms with Crippen LogP contribution in [0.25, 0.3) is 0 Å². The van der Waals surface area contributed by atoms with Crippen LogP contribution in [0.5, 0.6) is 5.75 Å². The van der Waals surface area contributed by atoms with Crippen molar-refractivity contribution in [2.24, 2.45) is 5.10 Å². The van der Waals surface area contributed by atoms with E-state index in [1.165, 1.54) is 16.7 Å². The SMILES string of the molecule is Cc1ccc(C)c(COc2cccc(C=NNc3ccc(Cl)c(Cl)c3)c2)c1. The fourth-order valence-corrected chi connectivity index (χ4v) is 2.85. The summed E-state index contributed by atoms with van der Waals surface area (Å²) >= 11 is 11.9. The van der Waals surface area contributed by atoms with Crippen molar-refractivity contribution in [3.63, 3.8) is 0 Å². The van der Waals surface area contributed by atoms with Crippen molar-refractivity contribution in [1.82, 2.24) is 0 Å². The minimum Gasteiger partial charge on any atom is -0.489 e. The number of nitrogens with one attached hydrogen (secondary N) is 1. The van der Waals surface area contributed by atoms with Crippen molar-refractivity contribution in [3.05, 3.63) is 93.0 Å². The summed E-state index contributed by atoms with van der Waals surface area (Å²) in [7, 11) is 0. The lowest BCUT2D eigenvalue weighted by Crippen LogP contribution is -1.99. The second-order valence-corrected chi connectivity index (χ2v) is 7.10. The van der Waals surface area contributed by atoms with Gasteiger partial charge in [0.2, 0.25) is 0 Å². The Balaban J connectivity index is 1.62. The quantitative estimate of drug-likeness (QED) is 0.373. The molecule has 3 rings (SSSR count). The van der Waals surface area contributed by atoms with Crippen LogP contribution in [-0.2, 0) is 6.61 Å². The lowest BCUT2D eigenvalue weighted by molar-refractivity contribution is 0.305. The smallest absolute Gasteiger partial charge is 0.120 e. The van der Waals surface area contributed by atoms with Crippen molar-refractivity contribution in [2.45, 2.75) is 20.5 Å². The van der Waals surface area contributed by atoms with E-state index < -0.39 is 0 Å². The first kappa shape index (κ1) is 19.3. The third kappa shape index (κ3) is 5.49. The van der Waals surface area contributed by atoms with Gasteiger partial charge in [0.05, 0.1) is 21.9 Å². The van der Waals surface area contributed by atoms with Gasteiger partial charge in [0.25, 0.3) is 0 Å². The van der Waals surface area contributed by atoms with Crippen LogP contribution < -0.4 is 10.2 Å². The van der Waals surface area contributed by atoms with E-state index in [-0.39, 0.29) is 0 Å². The summed E-state index contributed by atoms with van der Waals surface area (Å²) in [5, 5.41) is 5.23. The van der Waals surface area contributed by atoms with Gasteiger partial charge in [-0.1, -0.05) is 59.1 Å². The molecule has 0 heterocycles. The molecule has 0 unspecified atom stereocenters. The van der Waals surface area contributed by atoms with Crippen molar-refractivity contribution < 1.29 is 4.74 Å². The minimum atomic E-state index is 0.485. The van der Waals surface area contributed by atoms with Gasteiger partial charge in [0, 0.05) is 0 Å². The number of ether oxygens (including phenoxy) is 1. The molecule has 0 saturated carbocycles. The minimum absolute atomic E-state index is 0.485. The van der Waals surface area contributed by atoms with E-state index in [0.717, 1.165) is 17.0 Å². The van der Waals surface area contributed by atoms with E-state index >= 15 is 0 Å². The summed E-state index contributed by atoms with van der Waals surface area (Å²) in [6.07, 6.45) is 1.73. The van der Waals surface area contributed by atoms with Gasteiger partial charge in [-0.25, -0.2) is 0 Å². The normalized spacial score (nSPS) is 11.0. The Morgan fingerprint density at radius 2 is 1.81 bits per heavy atom. The molecule has 0 aliphatic heterocycles. The number of aryl methyl sites for hydroxylation is 2. The third-order valence-corrected chi connectivity index (χ3v) is 4.82. The van der Waals surface area contributed by atoms with E-state index in [0.29, 0.717) is 16.7 Å². The molecule has 3 aromatic carbocycles. The van der Waals surface area contributed by atoms with Crippen LogP contribution in [0.1, 0.15) is 22.3 Å². The molecule has 0 spiro atoms. The highest BCUT2D eigenvalue weighted by Crippen LogP contribution is 2.25. The van der Waals surface area contributed by atoms with Crippen molar-refractivity contribution in [2.75, 3.05) is 5.43 Å². The summed E-state index contributed by atoms with van der Waals surface area (Å²) in [5.41, 5.74) is 8.28. The van der Waals surface area contributed by atoms with E-state index in [1.54, 1.807) is 18.3 Å². The molecule has 1 N–H and O–H groups in total. The molecule has 0 saturated heterocycles. The van der Waals surface area contributed by atoms with Gasteiger partial charge in [0.15, 0.2) is 0 Å². The Labute approximate surface area is 169 Å². The lowest BCUT2D eigenvalue weighted by atomic mass is 10.1. The maximum absolute atomic E-state index is 6.00. The molecule has 0 amide bonds. The molecule has 0 radical (unpaired) electrons. The number of hydrogen-bond acceptors (Lipinski definition) is 3. The van der Waals surface area contributed by atoms with E-state index in [1.807, 2.05) is 30.3 Å². The Morgan fingerprint density at radius 1 is 0.963 bits per heavy atom. The lowest BCUT2D eigenvalue weighted by Gasteiger charge is -2.10. The number of rotatable bonds is 6. The number of nitrogens with zero attached hydrogens (tertiary/aromatic N) is 1. The standard InChI is InChI=1S/C22H20Cl2N2O/c1-15-6-7-16(2)18(10-15)14-27-20-5-3-4-17(11-20)13-25-26-19-8-9-21(23)22(24)12-19/h3-13,26H,14H2,1-2H3. The molecular weight excluding hydrogens is 379 g/mol. The predicted molar refractivity (Wildman–Crippen MR) is 114 cm³/mol. The van der Waals surface area contributed by atoms with Gasteiger partial charge in [-0.15, -0.1) is 0 Å². The predicted octanol–water partition coefficient (Wildman–Crippen LogP) is 6.64. The summed E-state index contributed by atoms with van der Waals surface area (Å²) in [4.78, 5) is 0. The Hall–Kier alpha value is -2.49. The first-order valence-corrected chi connectivity index (χ1v) is 9.30. The molecule has 3 aromatic rings. The first-order valence-electron chi connectivity index (χ1n) is 8.54. The maximum Gasteiger partial charge on any atom is 0.120 e. The molecule has 5 heteroatoms. The van der Waals surface area contributed by atoms with Crippen LogP contribution in [0, 0.1) is 13.8 Å². The molecule has 0 atom stereocenters. The van der Waals surface area contributed by atoms with Crippen LogP contribution in [0.3, 0.4) is 0 Å². The van der Waals surface area contributed by atoms with Crippen LogP contribution in [0.2, 0.25) is 10.0 Å². The number of hydrazone groups is 1. The van der Waals surface area contributed by atoms with Crippen LogP contribution >= 0.6 is 23.2 Å². The summed E-state index contributed by atoms with van der Waals surface area (Å²) in [5.74, 6) is 0.800.